The minimum Gasteiger partial charge on any atom is -0.370 e. The van der Waals surface area contributed by atoms with Crippen LogP contribution in [0.25, 0.3) is 15.9 Å². The maximum absolute atomic E-state index is 13.3. The number of nitrogens with one attached hydrogen (secondary N) is 1. The molecular formula is C18H19N3O2S. The first-order valence-corrected chi connectivity index (χ1v) is 8.76. The molecule has 1 aromatic carbocycles. The Bertz CT molecular complexity index is 973. The number of rotatable bonds is 2. The third-order valence-electron chi connectivity index (χ3n) is 4.34. The van der Waals surface area contributed by atoms with Gasteiger partial charge in [-0.15, -0.1) is 11.3 Å². The van der Waals surface area contributed by atoms with Crippen LogP contribution in [0.2, 0.25) is 0 Å². The summed E-state index contributed by atoms with van der Waals surface area (Å²) in [4.78, 5) is 19.9. The van der Waals surface area contributed by atoms with Gasteiger partial charge in [0, 0.05) is 18.3 Å². The van der Waals surface area contributed by atoms with Crippen LogP contribution >= 0.6 is 11.3 Å². The molecule has 1 aliphatic heterocycles. The fourth-order valence-electron chi connectivity index (χ4n) is 3.18. The van der Waals surface area contributed by atoms with Crippen LogP contribution in [-0.4, -0.2) is 22.2 Å². The van der Waals surface area contributed by atoms with E-state index in [1.54, 1.807) is 23.0 Å². The highest BCUT2D eigenvalue weighted by atomic mass is 32.1. The predicted octanol–water partition coefficient (Wildman–Crippen LogP) is 3.34. The van der Waals surface area contributed by atoms with Crippen molar-refractivity contribution in [2.45, 2.75) is 32.5 Å². The normalized spacial score (nSPS) is 16.1. The molecule has 124 valence electrons. The summed E-state index contributed by atoms with van der Waals surface area (Å²) in [6.07, 6.45) is 0.729. The van der Waals surface area contributed by atoms with E-state index in [0.717, 1.165) is 32.8 Å². The molecule has 2 aromatic heterocycles. The quantitative estimate of drug-likeness (QED) is 0.777. The van der Waals surface area contributed by atoms with Crippen LogP contribution in [0, 0.1) is 0 Å². The molecule has 0 bridgehead atoms. The first-order chi connectivity index (χ1) is 11.5. The lowest BCUT2D eigenvalue weighted by atomic mass is 9.94. The zero-order valence-corrected chi connectivity index (χ0v) is 14.7. The number of nitrogens with zero attached hydrogens (tertiary/aromatic N) is 2. The highest BCUT2D eigenvalue weighted by Crippen LogP contribution is 2.37. The van der Waals surface area contributed by atoms with E-state index in [1.807, 2.05) is 30.3 Å². The predicted molar refractivity (Wildman–Crippen MR) is 97.3 cm³/mol. The highest BCUT2D eigenvalue weighted by Gasteiger charge is 2.31. The number of fused-ring (bicyclic) bond motifs is 3. The van der Waals surface area contributed by atoms with Crippen molar-refractivity contribution in [2.24, 2.45) is 0 Å². The lowest BCUT2D eigenvalue weighted by Crippen LogP contribution is -2.32. The van der Waals surface area contributed by atoms with Crippen molar-refractivity contribution in [1.29, 1.82) is 0 Å². The van der Waals surface area contributed by atoms with Gasteiger partial charge in [-0.25, -0.2) is 9.55 Å². The second-order valence-corrected chi connectivity index (χ2v) is 7.65. The molecule has 0 spiro atoms. The number of benzene rings is 1. The van der Waals surface area contributed by atoms with Crippen molar-refractivity contribution in [2.75, 3.05) is 12.4 Å². The Morgan fingerprint density at radius 2 is 2.04 bits per heavy atom. The van der Waals surface area contributed by atoms with Gasteiger partial charge in [-0.1, -0.05) is 18.2 Å². The topological polar surface area (TPSA) is 56.2 Å². The van der Waals surface area contributed by atoms with Crippen molar-refractivity contribution in [3.63, 3.8) is 0 Å². The molecule has 0 atom stereocenters. The summed E-state index contributed by atoms with van der Waals surface area (Å²) in [6.45, 7) is 4.66. The van der Waals surface area contributed by atoms with E-state index in [0.29, 0.717) is 12.6 Å². The molecule has 0 fully saturated rings. The van der Waals surface area contributed by atoms with Crippen LogP contribution in [0.15, 0.2) is 35.1 Å². The number of anilines is 1. The first kappa shape index (κ1) is 15.4. The SMILES string of the molecule is CNc1nc2sc3c(c2c(=O)n1-c1ccccc1)CC(C)(C)OC3. The molecule has 0 unspecified atom stereocenters. The molecule has 0 saturated heterocycles. The summed E-state index contributed by atoms with van der Waals surface area (Å²) in [6, 6.07) is 9.62. The van der Waals surface area contributed by atoms with Crippen molar-refractivity contribution in [3.05, 3.63) is 51.1 Å². The second-order valence-electron chi connectivity index (χ2n) is 6.57. The third-order valence-corrected chi connectivity index (χ3v) is 5.44. The molecule has 3 heterocycles. The maximum atomic E-state index is 13.3. The van der Waals surface area contributed by atoms with E-state index in [4.69, 9.17) is 9.72 Å². The Balaban J connectivity index is 2.04. The van der Waals surface area contributed by atoms with Crippen molar-refractivity contribution in [3.8, 4) is 5.69 Å². The largest absolute Gasteiger partial charge is 0.370 e. The number of ether oxygens (including phenoxy) is 1. The van der Waals surface area contributed by atoms with Crippen molar-refractivity contribution in [1.82, 2.24) is 9.55 Å². The van der Waals surface area contributed by atoms with E-state index in [2.05, 4.69) is 19.2 Å². The van der Waals surface area contributed by atoms with Crippen molar-refractivity contribution < 1.29 is 4.74 Å². The summed E-state index contributed by atoms with van der Waals surface area (Å²) in [5.74, 6) is 0.553. The minimum atomic E-state index is -0.257. The number of para-hydroxylation sites is 1. The second kappa shape index (κ2) is 5.43. The number of hydrogen-bond donors (Lipinski definition) is 1. The summed E-state index contributed by atoms with van der Waals surface area (Å²) in [7, 11) is 1.78. The Labute approximate surface area is 143 Å². The molecule has 1 N–H and O–H groups in total. The van der Waals surface area contributed by atoms with E-state index in [-0.39, 0.29) is 11.2 Å². The van der Waals surface area contributed by atoms with Gasteiger partial charge in [-0.2, -0.15) is 0 Å². The van der Waals surface area contributed by atoms with E-state index < -0.39 is 0 Å². The summed E-state index contributed by atoms with van der Waals surface area (Å²) in [5.41, 5.74) is 1.63. The highest BCUT2D eigenvalue weighted by molar-refractivity contribution is 7.18. The van der Waals surface area contributed by atoms with Gasteiger partial charge in [0.25, 0.3) is 5.56 Å². The van der Waals surface area contributed by atoms with Gasteiger partial charge in [0.15, 0.2) is 0 Å². The van der Waals surface area contributed by atoms with Crippen LogP contribution in [-0.2, 0) is 17.8 Å². The minimum absolute atomic E-state index is 0.0225. The van der Waals surface area contributed by atoms with Gasteiger partial charge >= 0.3 is 0 Å². The van der Waals surface area contributed by atoms with E-state index in [9.17, 15) is 4.79 Å². The molecular weight excluding hydrogens is 322 g/mol. The average Bonchev–Trinajstić information content (AvgIpc) is 2.92. The number of hydrogen-bond acceptors (Lipinski definition) is 5. The van der Waals surface area contributed by atoms with Crippen LogP contribution in [0.4, 0.5) is 5.95 Å². The van der Waals surface area contributed by atoms with Gasteiger partial charge in [-0.3, -0.25) is 4.79 Å². The summed E-state index contributed by atoms with van der Waals surface area (Å²) in [5, 5.41) is 3.78. The fraction of sp³-hybridized carbons (Fsp3) is 0.333. The van der Waals surface area contributed by atoms with Gasteiger partial charge in [-0.05, 0) is 31.5 Å². The molecule has 6 heteroatoms. The molecule has 1 aliphatic rings. The molecule has 0 amide bonds. The van der Waals surface area contributed by atoms with Gasteiger partial charge < -0.3 is 10.1 Å². The Hall–Kier alpha value is -2.18. The maximum Gasteiger partial charge on any atom is 0.268 e. The van der Waals surface area contributed by atoms with Crippen LogP contribution < -0.4 is 10.9 Å². The molecule has 0 aliphatic carbocycles. The van der Waals surface area contributed by atoms with Crippen LogP contribution in [0.1, 0.15) is 24.3 Å². The number of aromatic nitrogens is 2. The summed E-state index contributed by atoms with van der Waals surface area (Å²) < 4.78 is 7.54. The standard InChI is InChI=1S/C18H19N3O2S/c1-18(2)9-12-13(10-23-18)24-15-14(12)16(22)21(17(19-3)20-15)11-7-5-4-6-8-11/h4-8H,9-10H2,1-3H3,(H,19,20). The van der Waals surface area contributed by atoms with Crippen LogP contribution in [0.5, 0.6) is 0 Å². The molecule has 0 saturated carbocycles. The third kappa shape index (κ3) is 2.34. The zero-order valence-electron chi connectivity index (χ0n) is 13.9. The van der Waals surface area contributed by atoms with E-state index >= 15 is 0 Å². The fourth-order valence-corrected chi connectivity index (χ4v) is 4.27. The zero-order chi connectivity index (χ0) is 16.9. The lowest BCUT2D eigenvalue weighted by Gasteiger charge is -2.29. The number of thiophene rings is 1. The van der Waals surface area contributed by atoms with E-state index in [1.165, 1.54) is 0 Å². The Morgan fingerprint density at radius 1 is 1.29 bits per heavy atom. The summed E-state index contributed by atoms with van der Waals surface area (Å²) >= 11 is 1.56. The Morgan fingerprint density at radius 3 is 2.75 bits per heavy atom. The van der Waals surface area contributed by atoms with Gasteiger partial charge in [0.05, 0.1) is 23.3 Å². The molecule has 3 aromatic rings. The first-order valence-electron chi connectivity index (χ1n) is 7.94. The van der Waals surface area contributed by atoms with Gasteiger partial charge in [0.2, 0.25) is 5.95 Å². The van der Waals surface area contributed by atoms with Crippen molar-refractivity contribution >= 4 is 27.5 Å². The smallest absolute Gasteiger partial charge is 0.268 e. The van der Waals surface area contributed by atoms with Gasteiger partial charge in [0.1, 0.15) is 4.83 Å². The molecule has 4 rings (SSSR count). The monoisotopic (exact) mass is 341 g/mol. The molecule has 5 nitrogen and oxygen atoms in total. The average molecular weight is 341 g/mol. The van der Waals surface area contributed by atoms with Crippen LogP contribution in [0.3, 0.4) is 0 Å². The molecule has 0 radical (unpaired) electrons. The molecule has 24 heavy (non-hydrogen) atoms. The lowest BCUT2D eigenvalue weighted by molar-refractivity contribution is -0.0379. The Kier molecular flexibility index (Phi) is 3.47.